The van der Waals surface area contributed by atoms with Crippen molar-refractivity contribution >= 4 is 34.5 Å². The maximum absolute atomic E-state index is 11.9. The van der Waals surface area contributed by atoms with Gasteiger partial charge >= 0.3 is 12.1 Å². The van der Waals surface area contributed by atoms with Crippen LogP contribution in [0.3, 0.4) is 0 Å². The van der Waals surface area contributed by atoms with Gasteiger partial charge in [-0.25, -0.2) is 4.79 Å². The fraction of sp³-hybridized carbons (Fsp3) is 0.273. The van der Waals surface area contributed by atoms with E-state index in [1.807, 2.05) is 22.6 Å². The Labute approximate surface area is 125 Å². The molecule has 9 heteroatoms. The van der Waals surface area contributed by atoms with Crippen molar-refractivity contribution in [2.75, 3.05) is 13.2 Å². The number of carboxylic acids is 1. The van der Waals surface area contributed by atoms with Gasteiger partial charge in [0.2, 0.25) is 0 Å². The van der Waals surface area contributed by atoms with Crippen molar-refractivity contribution in [1.82, 2.24) is 5.32 Å². The molecule has 0 aliphatic rings. The standard InChI is InChI=1S/C11H9F3INO4/c12-11(13,14)5-16-9(17)4-20-8-2-1-6(15)3-7(8)10(18)19/h1-3H,4-5H2,(H,16,17)(H,18,19). The quantitative estimate of drug-likeness (QED) is 0.739. The molecule has 0 atom stereocenters. The molecule has 110 valence electrons. The van der Waals surface area contributed by atoms with Crippen LogP contribution in [-0.4, -0.2) is 36.3 Å². The minimum Gasteiger partial charge on any atom is -0.483 e. The maximum Gasteiger partial charge on any atom is 0.405 e. The Balaban J connectivity index is 2.62. The number of carbonyl (C=O) groups excluding carboxylic acids is 1. The van der Waals surface area contributed by atoms with Gasteiger partial charge < -0.3 is 15.2 Å². The Morgan fingerprint density at radius 3 is 2.55 bits per heavy atom. The Hall–Kier alpha value is -1.52. The van der Waals surface area contributed by atoms with E-state index < -0.39 is 31.2 Å². The molecule has 0 saturated heterocycles. The number of carbonyl (C=O) groups is 2. The molecule has 1 rings (SSSR count). The average Bonchev–Trinajstić information content (AvgIpc) is 2.33. The minimum absolute atomic E-state index is 0.0833. The molecular weight excluding hydrogens is 394 g/mol. The number of benzene rings is 1. The largest absolute Gasteiger partial charge is 0.483 e. The Kier molecular flexibility index (Phi) is 5.60. The van der Waals surface area contributed by atoms with Gasteiger partial charge in [-0.15, -0.1) is 0 Å². The number of nitrogens with one attached hydrogen (secondary N) is 1. The number of amides is 1. The third kappa shape index (κ3) is 5.63. The molecule has 0 heterocycles. The number of rotatable bonds is 5. The van der Waals surface area contributed by atoms with Gasteiger partial charge in [-0.05, 0) is 40.8 Å². The monoisotopic (exact) mass is 403 g/mol. The van der Waals surface area contributed by atoms with E-state index in [0.29, 0.717) is 3.57 Å². The van der Waals surface area contributed by atoms with E-state index in [0.717, 1.165) is 0 Å². The second-order valence-electron chi connectivity index (χ2n) is 3.63. The number of hydrogen-bond acceptors (Lipinski definition) is 3. The summed E-state index contributed by atoms with van der Waals surface area (Å²) in [4.78, 5) is 22.1. The second-order valence-corrected chi connectivity index (χ2v) is 4.87. The lowest BCUT2D eigenvalue weighted by Crippen LogP contribution is -2.36. The van der Waals surface area contributed by atoms with E-state index in [4.69, 9.17) is 9.84 Å². The van der Waals surface area contributed by atoms with Crippen LogP contribution in [0.2, 0.25) is 0 Å². The summed E-state index contributed by atoms with van der Waals surface area (Å²) in [6.45, 7) is -2.16. The van der Waals surface area contributed by atoms with Gasteiger partial charge in [0.05, 0.1) is 0 Å². The summed E-state index contributed by atoms with van der Waals surface area (Å²) < 4.78 is 41.1. The normalized spacial score (nSPS) is 11.0. The maximum atomic E-state index is 11.9. The SMILES string of the molecule is O=C(COc1ccc(I)cc1C(=O)O)NCC(F)(F)F. The van der Waals surface area contributed by atoms with Crippen molar-refractivity contribution in [3.8, 4) is 5.75 Å². The molecule has 0 fully saturated rings. The Morgan fingerprint density at radius 1 is 1.35 bits per heavy atom. The lowest BCUT2D eigenvalue weighted by Gasteiger charge is -2.11. The summed E-state index contributed by atoms with van der Waals surface area (Å²) in [7, 11) is 0. The highest BCUT2D eigenvalue weighted by molar-refractivity contribution is 14.1. The molecule has 1 aromatic rings. The number of alkyl halides is 3. The molecule has 0 saturated carbocycles. The van der Waals surface area contributed by atoms with Crippen molar-refractivity contribution in [2.24, 2.45) is 0 Å². The highest BCUT2D eigenvalue weighted by Crippen LogP contribution is 2.21. The van der Waals surface area contributed by atoms with E-state index >= 15 is 0 Å². The first kappa shape index (κ1) is 16.5. The summed E-state index contributed by atoms with van der Waals surface area (Å²) in [5, 5.41) is 10.5. The lowest BCUT2D eigenvalue weighted by molar-refractivity contribution is -0.139. The summed E-state index contributed by atoms with van der Waals surface area (Å²) in [5.74, 6) is -2.33. The first-order valence-corrected chi connectivity index (χ1v) is 6.26. The van der Waals surface area contributed by atoms with Crippen LogP contribution >= 0.6 is 22.6 Å². The van der Waals surface area contributed by atoms with Crippen LogP contribution in [0, 0.1) is 3.57 Å². The van der Waals surface area contributed by atoms with E-state index in [2.05, 4.69) is 0 Å². The predicted octanol–water partition coefficient (Wildman–Crippen LogP) is 2.05. The van der Waals surface area contributed by atoms with Crippen LogP contribution in [0.5, 0.6) is 5.75 Å². The van der Waals surface area contributed by atoms with Crippen LogP contribution in [0.25, 0.3) is 0 Å². The van der Waals surface area contributed by atoms with Crippen LogP contribution in [0.15, 0.2) is 18.2 Å². The highest BCUT2D eigenvalue weighted by atomic mass is 127. The van der Waals surface area contributed by atoms with Crippen LogP contribution in [0.4, 0.5) is 13.2 Å². The molecule has 2 N–H and O–H groups in total. The molecule has 5 nitrogen and oxygen atoms in total. The van der Waals surface area contributed by atoms with Gasteiger partial charge in [-0.3, -0.25) is 4.79 Å². The van der Waals surface area contributed by atoms with Gasteiger partial charge in [-0.2, -0.15) is 13.2 Å². The molecule has 0 unspecified atom stereocenters. The summed E-state index contributed by atoms with van der Waals surface area (Å²) in [6, 6.07) is 4.21. The Morgan fingerprint density at radius 2 is 2.00 bits per heavy atom. The smallest absolute Gasteiger partial charge is 0.405 e. The number of aromatic carboxylic acids is 1. The summed E-state index contributed by atoms with van der Waals surface area (Å²) in [5.41, 5.74) is -0.166. The first-order chi connectivity index (χ1) is 9.19. The van der Waals surface area contributed by atoms with Crippen LogP contribution in [-0.2, 0) is 4.79 Å². The highest BCUT2D eigenvalue weighted by Gasteiger charge is 2.27. The van der Waals surface area contributed by atoms with Gasteiger partial charge in [0.25, 0.3) is 5.91 Å². The third-order valence-electron chi connectivity index (χ3n) is 2.02. The average molecular weight is 403 g/mol. The van der Waals surface area contributed by atoms with Gasteiger partial charge in [0, 0.05) is 3.57 Å². The molecule has 20 heavy (non-hydrogen) atoms. The van der Waals surface area contributed by atoms with Gasteiger partial charge in [0.15, 0.2) is 6.61 Å². The van der Waals surface area contributed by atoms with Crippen molar-refractivity contribution in [1.29, 1.82) is 0 Å². The zero-order valence-electron chi connectivity index (χ0n) is 9.83. The van der Waals surface area contributed by atoms with Crippen molar-refractivity contribution in [2.45, 2.75) is 6.18 Å². The molecule has 0 spiro atoms. The number of carboxylic acid groups (broad SMARTS) is 1. The zero-order chi connectivity index (χ0) is 15.3. The number of hydrogen-bond donors (Lipinski definition) is 2. The molecule has 0 radical (unpaired) electrons. The minimum atomic E-state index is -4.51. The number of halogens is 4. The Bertz CT molecular complexity index is 519. The topological polar surface area (TPSA) is 75.6 Å². The second kappa shape index (κ2) is 6.77. The molecular formula is C11H9F3INO4. The van der Waals surface area contributed by atoms with Gasteiger partial charge in [-0.1, -0.05) is 0 Å². The van der Waals surface area contributed by atoms with E-state index in [1.165, 1.54) is 12.1 Å². The first-order valence-electron chi connectivity index (χ1n) is 5.18. The predicted molar refractivity (Wildman–Crippen MR) is 70.7 cm³/mol. The van der Waals surface area contributed by atoms with Crippen molar-refractivity contribution in [3.05, 3.63) is 27.3 Å². The molecule has 0 bridgehead atoms. The fourth-order valence-electron chi connectivity index (χ4n) is 1.19. The summed E-state index contributed by atoms with van der Waals surface area (Å²) in [6.07, 6.45) is -4.51. The van der Waals surface area contributed by atoms with Crippen LogP contribution < -0.4 is 10.1 Å². The van der Waals surface area contributed by atoms with E-state index in [1.54, 1.807) is 11.4 Å². The summed E-state index contributed by atoms with van der Waals surface area (Å²) >= 11 is 1.90. The molecule has 1 aromatic carbocycles. The molecule has 0 aliphatic carbocycles. The van der Waals surface area contributed by atoms with E-state index in [-0.39, 0.29) is 11.3 Å². The van der Waals surface area contributed by atoms with E-state index in [9.17, 15) is 22.8 Å². The lowest BCUT2D eigenvalue weighted by atomic mass is 10.2. The number of ether oxygens (including phenoxy) is 1. The third-order valence-corrected chi connectivity index (χ3v) is 2.69. The van der Waals surface area contributed by atoms with Crippen molar-refractivity contribution < 1.29 is 32.6 Å². The molecule has 0 aromatic heterocycles. The molecule has 1 amide bonds. The van der Waals surface area contributed by atoms with Crippen LogP contribution in [0.1, 0.15) is 10.4 Å². The van der Waals surface area contributed by atoms with Crippen molar-refractivity contribution in [3.63, 3.8) is 0 Å². The molecule has 0 aliphatic heterocycles. The van der Waals surface area contributed by atoms with Gasteiger partial charge in [0.1, 0.15) is 17.9 Å². The fourth-order valence-corrected chi connectivity index (χ4v) is 1.68. The zero-order valence-corrected chi connectivity index (χ0v) is 12.0.